The summed E-state index contributed by atoms with van der Waals surface area (Å²) < 4.78 is 4.71. The molecule has 2 amide bonds. The molecule has 150 valence electrons. The standard InChI is InChI=1S/C21H33N3O3/c1-7-8-12-24(17(5)20(15(2)3)23-21(26)27-6)14-19(25)22-18-11-9-10-16(4)13-18/h8-12,15-16,20H,5,7,13-14H2,1-4,6H3,(H,22,25)(H,23,26)/b12-8-/t16?,20-/m0/s1. The third-order valence-corrected chi connectivity index (χ3v) is 4.27. The zero-order chi connectivity index (χ0) is 20.4. The zero-order valence-electron chi connectivity index (χ0n) is 17.1. The average Bonchev–Trinajstić information content (AvgIpc) is 2.62. The van der Waals surface area contributed by atoms with Gasteiger partial charge in [0.15, 0.2) is 0 Å². The van der Waals surface area contributed by atoms with Gasteiger partial charge in [-0.1, -0.05) is 52.5 Å². The van der Waals surface area contributed by atoms with E-state index < -0.39 is 6.09 Å². The number of allylic oxidation sites excluding steroid dienone is 5. The predicted molar refractivity (Wildman–Crippen MR) is 109 cm³/mol. The summed E-state index contributed by atoms with van der Waals surface area (Å²) in [7, 11) is 1.32. The summed E-state index contributed by atoms with van der Waals surface area (Å²) in [6, 6.07) is -0.344. The molecule has 0 heterocycles. The summed E-state index contributed by atoms with van der Waals surface area (Å²) in [6.45, 7) is 12.3. The lowest BCUT2D eigenvalue weighted by molar-refractivity contribution is -0.120. The highest BCUT2D eigenvalue weighted by Gasteiger charge is 2.24. The van der Waals surface area contributed by atoms with Crippen molar-refractivity contribution in [2.75, 3.05) is 13.7 Å². The maximum atomic E-state index is 12.6. The Morgan fingerprint density at radius 2 is 2.15 bits per heavy atom. The van der Waals surface area contributed by atoms with Crippen LogP contribution in [-0.4, -0.2) is 36.6 Å². The van der Waals surface area contributed by atoms with Gasteiger partial charge in [0.1, 0.15) is 6.54 Å². The van der Waals surface area contributed by atoms with Crippen LogP contribution in [0.25, 0.3) is 0 Å². The highest BCUT2D eigenvalue weighted by atomic mass is 16.5. The Hall–Kier alpha value is -2.50. The van der Waals surface area contributed by atoms with E-state index in [0.717, 1.165) is 18.5 Å². The average molecular weight is 376 g/mol. The quantitative estimate of drug-likeness (QED) is 0.645. The minimum Gasteiger partial charge on any atom is -0.453 e. The van der Waals surface area contributed by atoms with Crippen molar-refractivity contribution in [3.8, 4) is 0 Å². The van der Waals surface area contributed by atoms with Crippen LogP contribution < -0.4 is 10.6 Å². The molecule has 27 heavy (non-hydrogen) atoms. The van der Waals surface area contributed by atoms with Gasteiger partial charge in [-0.15, -0.1) is 0 Å². The Balaban J connectivity index is 2.86. The largest absolute Gasteiger partial charge is 0.453 e. The minimum absolute atomic E-state index is 0.0872. The third-order valence-electron chi connectivity index (χ3n) is 4.27. The number of ether oxygens (including phenoxy) is 1. The maximum Gasteiger partial charge on any atom is 0.407 e. The Morgan fingerprint density at radius 3 is 2.70 bits per heavy atom. The van der Waals surface area contributed by atoms with Crippen molar-refractivity contribution in [1.29, 1.82) is 0 Å². The van der Waals surface area contributed by atoms with Crippen LogP contribution in [0.3, 0.4) is 0 Å². The van der Waals surface area contributed by atoms with Gasteiger partial charge in [0, 0.05) is 17.6 Å². The van der Waals surface area contributed by atoms with E-state index in [1.54, 1.807) is 4.90 Å². The molecular weight excluding hydrogens is 342 g/mol. The highest BCUT2D eigenvalue weighted by Crippen LogP contribution is 2.18. The van der Waals surface area contributed by atoms with Gasteiger partial charge in [-0.05, 0) is 30.8 Å². The highest BCUT2D eigenvalue weighted by molar-refractivity contribution is 5.80. The van der Waals surface area contributed by atoms with E-state index in [9.17, 15) is 9.59 Å². The van der Waals surface area contributed by atoms with Gasteiger partial charge < -0.3 is 20.3 Å². The van der Waals surface area contributed by atoms with E-state index >= 15 is 0 Å². The molecule has 0 aromatic rings. The number of alkyl carbamates (subject to hydrolysis) is 1. The maximum absolute atomic E-state index is 12.6. The second-order valence-corrected chi connectivity index (χ2v) is 7.08. The molecule has 0 fully saturated rings. The van der Waals surface area contributed by atoms with Crippen molar-refractivity contribution in [2.45, 2.75) is 46.6 Å². The number of rotatable bonds is 9. The molecule has 0 radical (unpaired) electrons. The SMILES string of the molecule is C=C([C@@H](NC(=O)OC)C(C)C)N(/C=C\CC)CC(=O)NC1=CC=CC(C)C1. The number of carbonyl (C=O) groups is 2. The summed E-state index contributed by atoms with van der Waals surface area (Å²) in [5, 5.41) is 5.77. The van der Waals surface area contributed by atoms with Crippen molar-refractivity contribution in [3.63, 3.8) is 0 Å². The van der Waals surface area contributed by atoms with Crippen molar-refractivity contribution in [1.82, 2.24) is 15.5 Å². The Labute approximate surface area is 163 Å². The molecule has 0 aromatic carbocycles. The molecule has 2 N–H and O–H groups in total. The molecule has 0 aromatic heterocycles. The van der Waals surface area contributed by atoms with Gasteiger partial charge in [0.25, 0.3) is 0 Å². The molecule has 6 heteroatoms. The molecule has 0 aliphatic heterocycles. The van der Waals surface area contributed by atoms with Gasteiger partial charge in [-0.2, -0.15) is 0 Å². The van der Waals surface area contributed by atoms with Crippen LogP contribution in [0, 0.1) is 11.8 Å². The summed E-state index contributed by atoms with van der Waals surface area (Å²) in [6.07, 6.45) is 10.9. The van der Waals surface area contributed by atoms with Crippen LogP contribution in [0.2, 0.25) is 0 Å². The van der Waals surface area contributed by atoms with Gasteiger partial charge in [-0.3, -0.25) is 4.79 Å². The first-order valence-corrected chi connectivity index (χ1v) is 9.42. The van der Waals surface area contributed by atoms with Crippen LogP contribution in [0.15, 0.2) is 48.5 Å². The lowest BCUT2D eigenvalue weighted by Crippen LogP contribution is -2.45. The third kappa shape index (κ3) is 7.72. The predicted octanol–water partition coefficient (Wildman–Crippen LogP) is 3.70. The van der Waals surface area contributed by atoms with Gasteiger partial charge in [0.05, 0.1) is 13.2 Å². The molecule has 0 saturated heterocycles. The lowest BCUT2D eigenvalue weighted by Gasteiger charge is -2.31. The number of nitrogens with zero attached hydrogens (tertiary/aromatic N) is 1. The number of nitrogens with one attached hydrogen (secondary N) is 2. The molecule has 0 spiro atoms. The summed E-state index contributed by atoms with van der Waals surface area (Å²) in [4.78, 5) is 26.0. The van der Waals surface area contributed by atoms with E-state index in [1.807, 2.05) is 45.2 Å². The van der Waals surface area contributed by atoms with E-state index in [2.05, 4.69) is 30.2 Å². The number of hydrogen-bond donors (Lipinski definition) is 2. The van der Waals surface area contributed by atoms with E-state index in [0.29, 0.717) is 11.6 Å². The second kappa shape index (κ2) is 11.3. The zero-order valence-corrected chi connectivity index (χ0v) is 17.1. The number of hydrogen-bond acceptors (Lipinski definition) is 4. The summed E-state index contributed by atoms with van der Waals surface area (Å²) in [5.74, 6) is 0.376. The monoisotopic (exact) mass is 375 g/mol. The Bertz CT molecular complexity index is 620. The van der Waals surface area contributed by atoms with E-state index in [1.165, 1.54) is 7.11 Å². The van der Waals surface area contributed by atoms with Crippen LogP contribution in [0.1, 0.15) is 40.5 Å². The van der Waals surface area contributed by atoms with E-state index in [4.69, 9.17) is 4.74 Å². The topological polar surface area (TPSA) is 70.7 Å². The Morgan fingerprint density at radius 1 is 1.44 bits per heavy atom. The number of methoxy groups -OCH3 is 1. The van der Waals surface area contributed by atoms with Crippen molar-refractivity contribution >= 4 is 12.0 Å². The van der Waals surface area contributed by atoms with Crippen molar-refractivity contribution in [2.24, 2.45) is 11.8 Å². The lowest BCUT2D eigenvalue weighted by atomic mass is 10.00. The Kier molecular flexibility index (Phi) is 9.40. The van der Waals surface area contributed by atoms with E-state index in [-0.39, 0.29) is 24.4 Å². The number of carbonyl (C=O) groups excluding carboxylic acids is 2. The van der Waals surface area contributed by atoms with Gasteiger partial charge in [-0.25, -0.2) is 4.79 Å². The van der Waals surface area contributed by atoms with Crippen molar-refractivity contribution in [3.05, 3.63) is 48.5 Å². The summed E-state index contributed by atoms with van der Waals surface area (Å²) >= 11 is 0. The molecule has 1 aliphatic rings. The normalized spacial score (nSPS) is 17.4. The van der Waals surface area contributed by atoms with Crippen LogP contribution in [-0.2, 0) is 9.53 Å². The van der Waals surface area contributed by atoms with Crippen LogP contribution >= 0.6 is 0 Å². The molecule has 0 saturated carbocycles. The second-order valence-electron chi connectivity index (χ2n) is 7.08. The first-order chi connectivity index (χ1) is 12.8. The number of amides is 2. The fraction of sp³-hybridized carbons (Fsp3) is 0.524. The van der Waals surface area contributed by atoms with Crippen LogP contribution in [0.4, 0.5) is 4.79 Å². The fourth-order valence-corrected chi connectivity index (χ4v) is 2.79. The molecule has 1 aliphatic carbocycles. The molecular formula is C21H33N3O3. The van der Waals surface area contributed by atoms with Gasteiger partial charge >= 0.3 is 6.09 Å². The first kappa shape index (κ1) is 22.5. The first-order valence-electron chi connectivity index (χ1n) is 9.42. The van der Waals surface area contributed by atoms with Crippen LogP contribution in [0.5, 0.6) is 0 Å². The smallest absolute Gasteiger partial charge is 0.407 e. The molecule has 1 unspecified atom stereocenters. The summed E-state index contributed by atoms with van der Waals surface area (Å²) in [5.41, 5.74) is 1.55. The van der Waals surface area contributed by atoms with Gasteiger partial charge in [0.2, 0.25) is 5.91 Å². The minimum atomic E-state index is -0.521. The van der Waals surface area contributed by atoms with Crippen molar-refractivity contribution < 1.29 is 14.3 Å². The molecule has 2 atom stereocenters. The molecule has 1 rings (SSSR count). The fourth-order valence-electron chi connectivity index (χ4n) is 2.79. The molecule has 0 bridgehead atoms. The molecule has 6 nitrogen and oxygen atoms in total.